The highest BCUT2D eigenvalue weighted by Gasteiger charge is 2.37. The molecule has 126 valence electrons. The van der Waals surface area contributed by atoms with E-state index in [2.05, 4.69) is 40.2 Å². The highest BCUT2D eigenvalue weighted by atomic mass is 16.2. The van der Waals surface area contributed by atoms with Crippen molar-refractivity contribution in [3.05, 3.63) is 36.5 Å². The molecule has 0 saturated carbocycles. The molecule has 1 amide bonds. The number of amides is 1. The Kier molecular flexibility index (Phi) is 3.91. The number of anilines is 1. The molecule has 2 saturated heterocycles. The Hall–Kier alpha value is -2.10. The fraction of sp³-hybridized carbons (Fsp3) is 0.500. The molecule has 2 aliphatic heterocycles. The largest absolute Gasteiger partial charge is 0.356 e. The van der Waals surface area contributed by atoms with Gasteiger partial charge in [0.05, 0.1) is 0 Å². The van der Waals surface area contributed by atoms with Crippen LogP contribution in [0, 0.1) is 5.41 Å². The number of carbonyl (C=O) groups is 1. The Morgan fingerprint density at radius 3 is 2.58 bits per heavy atom. The molecule has 1 spiro atoms. The maximum absolute atomic E-state index is 12.0. The Morgan fingerprint density at radius 2 is 1.75 bits per heavy atom. The van der Waals surface area contributed by atoms with Crippen molar-refractivity contribution in [2.45, 2.75) is 32.1 Å². The van der Waals surface area contributed by atoms with Gasteiger partial charge in [-0.25, -0.2) is 4.98 Å². The molecule has 0 aliphatic carbocycles. The van der Waals surface area contributed by atoms with E-state index in [0.717, 1.165) is 38.3 Å². The van der Waals surface area contributed by atoms with Crippen molar-refractivity contribution in [1.29, 1.82) is 0 Å². The van der Waals surface area contributed by atoms with E-state index in [9.17, 15) is 4.79 Å². The summed E-state index contributed by atoms with van der Waals surface area (Å²) in [5.74, 6) is 1.43. The van der Waals surface area contributed by atoms with Crippen LogP contribution in [-0.2, 0) is 4.79 Å². The monoisotopic (exact) mass is 323 g/mol. The summed E-state index contributed by atoms with van der Waals surface area (Å²) < 4.78 is 0. The van der Waals surface area contributed by atoms with Crippen LogP contribution in [0.2, 0.25) is 0 Å². The number of likely N-dealkylation sites (tertiary alicyclic amines) is 1. The SMILES string of the molecule is CN1CCC2(CCC1=O)CCN(c1nccc3ccccc13)CC2. The van der Waals surface area contributed by atoms with Gasteiger partial charge in [-0.15, -0.1) is 0 Å². The molecule has 4 nitrogen and oxygen atoms in total. The minimum Gasteiger partial charge on any atom is -0.356 e. The van der Waals surface area contributed by atoms with Crippen LogP contribution in [0.15, 0.2) is 36.5 Å². The quantitative estimate of drug-likeness (QED) is 0.806. The number of piperidine rings is 1. The molecule has 4 rings (SSSR count). The highest BCUT2D eigenvalue weighted by Crippen LogP contribution is 2.42. The molecule has 2 aromatic rings. The molecule has 2 fully saturated rings. The fourth-order valence-corrected chi connectivity index (χ4v) is 4.27. The van der Waals surface area contributed by atoms with E-state index in [0.29, 0.717) is 17.7 Å². The van der Waals surface area contributed by atoms with Crippen molar-refractivity contribution in [1.82, 2.24) is 9.88 Å². The standard InChI is InChI=1S/C20H25N3O/c1-22-13-9-20(8-6-18(22)24)10-14-23(15-11-20)19-17-5-3-2-4-16(17)7-12-21-19/h2-5,7,12H,6,8-11,13-15H2,1H3. The number of pyridine rings is 1. The number of aromatic nitrogens is 1. The van der Waals surface area contributed by atoms with E-state index >= 15 is 0 Å². The van der Waals surface area contributed by atoms with Gasteiger partial charge in [-0.3, -0.25) is 4.79 Å². The van der Waals surface area contributed by atoms with Crippen LogP contribution in [0.4, 0.5) is 5.82 Å². The number of hydrogen-bond donors (Lipinski definition) is 0. The molecule has 4 heteroatoms. The first kappa shape index (κ1) is 15.4. The zero-order chi connectivity index (χ0) is 16.6. The lowest BCUT2D eigenvalue weighted by molar-refractivity contribution is -0.129. The van der Waals surface area contributed by atoms with Crippen LogP contribution in [0.25, 0.3) is 10.8 Å². The average molecular weight is 323 g/mol. The topological polar surface area (TPSA) is 36.4 Å². The van der Waals surface area contributed by atoms with Crippen LogP contribution in [-0.4, -0.2) is 42.5 Å². The normalized spacial score (nSPS) is 21.3. The van der Waals surface area contributed by atoms with Gasteiger partial charge in [-0.2, -0.15) is 0 Å². The zero-order valence-electron chi connectivity index (χ0n) is 14.4. The molecular weight excluding hydrogens is 298 g/mol. The predicted octanol–water partition coefficient (Wildman–Crippen LogP) is 3.46. The lowest BCUT2D eigenvalue weighted by atomic mass is 9.73. The van der Waals surface area contributed by atoms with Crippen molar-refractivity contribution in [3.8, 4) is 0 Å². The van der Waals surface area contributed by atoms with Gasteiger partial charge in [0, 0.05) is 44.7 Å². The Bertz CT molecular complexity index is 744. The molecule has 1 aromatic carbocycles. The predicted molar refractivity (Wildman–Crippen MR) is 97.1 cm³/mol. The maximum atomic E-state index is 12.0. The van der Waals surface area contributed by atoms with Crippen molar-refractivity contribution in [2.24, 2.45) is 5.41 Å². The van der Waals surface area contributed by atoms with Crippen LogP contribution >= 0.6 is 0 Å². The Morgan fingerprint density at radius 1 is 1.00 bits per heavy atom. The summed E-state index contributed by atoms with van der Waals surface area (Å²) in [6.45, 7) is 2.99. The molecule has 0 atom stereocenters. The first-order valence-electron chi connectivity index (χ1n) is 9.00. The summed E-state index contributed by atoms with van der Waals surface area (Å²) in [5, 5.41) is 2.50. The molecule has 3 heterocycles. The average Bonchev–Trinajstić information content (AvgIpc) is 2.77. The molecule has 0 N–H and O–H groups in total. The van der Waals surface area contributed by atoms with E-state index in [1.165, 1.54) is 23.6 Å². The molecule has 24 heavy (non-hydrogen) atoms. The third-order valence-electron chi connectivity index (χ3n) is 6.05. The summed E-state index contributed by atoms with van der Waals surface area (Å²) in [7, 11) is 1.94. The second kappa shape index (κ2) is 6.08. The Balaban J connectivity index is 1.52. The smallest absolute Gasteiger partial charge is 0.222 e. The van der Waals surface area contributed by atoms with Crippen molar-refractivity contribution in [2.75, 3.05) is 31.6 Å². The van der Waals surface area contributed by atoms with Crippen molar-refractivity contribution in [3.63, 3.8) is 0 Å². The van der Waals surface area contributed by atoms with Gasteiger partial charge in [-0.05, 0) is 42.6 Å². The van der Waals surface area contributed by atoms with E-state index in [-0.39, 0.29) is 0 Å². The second-order valence-corrected chi connectivity index (χ2v) is 7.41. The van der Waals surface area contributed by atoms with Gasteiger partial charge in [0.15, 0.2) is 0 Å². The van der Waals surface area contributed by atoms with Gasteiger partial charge < -0.3 is 9.80 Å². The third-order valence-corrected chi connectivity index (χ3v) is 6.05. The van der Waals surface area contributed by atoms with Crippen molar-refractivity contribution < 1.29 is 4.79 Å². The lowest BCUT2D eigenvalue weighted by Gasteiger charge is -2.42. The number of carbonyl (C=O) groups excluding carboxylic acids is 1. The second-order valence-electron chi connectivity index (χ2n) is 7.41. The van der Waals surface area contributed by atoms with Gasteiger partial charge in [0.25, 0.3) is 0 Å². The molecule has 1 aromatic heterocycles. The van der Waals surface area contributed by atoms with Gasteiger partial charge in [0.2, 0.25) is 5.91 Å². The minimum atomic E-state index is 0.310. The number of rotatable bonds is 1. The number of hydrogen-bond acceptors (Lipinski definition) is 3. The summed E-state index contributed by atoms with van der Waals surface area (Å²) in [5.41, 5.74) is 0.349. The van der Waals surface area contributed by atoms with E-state index in [4.69, 9.17) is 0 Å². The van der Waals surface area contributed by atoms with Crippen LogP contribution in [0.5, 0.6) is 0 Å². The number of nitrogens with zero attached hydrogens (tertiary/aromatic N) is 3. The minimum absolute atomic E-state index is 0.310. The van der Waals surface area contributed by atoms with Crippen LogP contribution < -0.4 is 4.90 Å². The molecule has 0 unspecified atom stereocenters. The first-order valence-corrected chi connectivity index (χ1v) is 9.00. The first-order chi connectivity index (χ1) is 11.7. The van der Waals surface area contributed by atoms with E-state index in [1.807, 2.05) is 18.1 Å². The number of fused-ring (bicyclic) bond motifs is 1. The van der Waals surface area contributed by atoms with Gasteiger partial charge >= 0.3 is 0 Å². The molecule has 0 radical (unpaired) electrons. The summed E-state index contributed by atoms with van der Waals surface area (Å²) in [6.07, 6.45) is 7.15. The third kappa shape index (κ3) is 2.74. The van der Waals surface area contributed by atoms with Crippen LogP contribution in [0.1, 0.15) is 32.1 Å². The molecule has 2 aliphatic rings. The zero-order valence-corrected chi connectivity index (χ0v) is 14.4. The lowest BCUT2D eigenvalue weighted by Crippen LogP contribution is -2.41. The van der Waals surface area contributed by atoms with Crippen molar-refractivity contribution >= 4 is 22.5 Å². The summed E-state index contributed by atoms with van der Waals surface area (Å²) in [4.78, 5) is 21.0. The molecular formula is C20H25N3O. The highest BCUT2D eigenvalue weighted by molar-refractivity contribution is 5.92. The number of benzene rings is 1. The summed E-state index contributed by atoms with van der Waals surface area (Å²) in [6, 6.07) is 10.6. The van der Waals surface area contributed by atoms with Crippen LogP contribution in [0.3, 0.4) is 0 Å². The van der Waals surface area contributed by atoms with E-state index in [1.54, 1.807) is 0 Å². The maximum Gasteiger partial charge on any atom is 0.222 e. The fourth-order valence-electron chi connectivity index (χ4n) is 4.27. The Labute approximate surface area is 143 Å². The van der Waals surface area contributed by atoms with Gasteiger partial charge in [0.1, 0.15) is 5.82 Å². The van der Waals surface area contributed by atoms with Gasteiger partial charge in [-0.1, -0.05) is 24.3 Å². The van der Waals surface area contributed by atoms with E-state index < -0.39 is 0 Å². The molecule has 0 bridgehead atoms. The summed E-state index contributed by atoms with van der Waals surface area (Å²) >= 11 is 0.